The van der Waals surface area contributed by atoms with Gasteiger partial charge in [-0.2, -0.15) is 0 Å². The van der Waals surface area contributed by atoms with Gasteiger partial charge in [0.05, 0.1) is 0 Å². The number of anilines is 1. The van der Waals surface area contributed by atoms with Gasteiger partial charge in [-0.15, -0.1) is 0 Å². The highest BCUT2D eigenvalue weighted by atomic mass is 15.1. The summed E-state index contributed by atoms with van der Waals surface area (Å²) in [5.74, 6) is 0.507. The number of likely N-dealkylation sites (tertiary alicyclic amines) is 1. The molecule has 1 saturated heterocycles. The third-order valence-corrected chi connectivity index (χ3v) is 3.41. The summed E-state index contributed by atoms with van der Waals surface area (Å²) in [6.07, 6.45) is 5.05. The van der Waals surface area contributed by atoms with Crippen LogP contribution in [-0.4, -0.2) is 37.0 Å². The summed E-state index contributed by atoms with van der Waals surface area (Å²) in [5, 5.41) is 3.09. The molecular weight excluding hydrogens is 236 g/mol. The smallest absolute Gasteiger partial charge is 0.193 e. The molecule has 1 aromatic carbocycles. The van der Waals surface area contributed by atoms with Gasteiger partial charge in [0, 0.05) is 12.2 Å². The molecule has 104 valence electrons. The average Bonchev–Trinajstić information content (AvgIpc) is 2.92. The molecule has 0 amide bonds. The van der Waals surface area contributed by atoms with Crippen molar-refractivity contribution in [3.05, 3.63) is 30.3 Å². The molecule has 4 nitrogen and oxygen atoms in total. The second kappa shape index (κ2) is 7.79. The van der Waals surface area contributed by atoms with Gasteiger partial charge in [-0.05, 0) is 57.5 Å². The second-order valence-corrected chi connectivity index (χ2v) is 5.01. The number of nitrogens with two attached hydrogens (primary N) is 1. The first-order valence-corrected chi connectivity index (χ1v) is 7.19. The normalized spacial score (nSPS) is 16.7. The quantitative estimate of drug-likeness (QED) is 0.469. The highest BCUT2D eigenvalue weighted by Crippen LogP contribution is 2.08. The molecule has 2 rings (SSSR count). The number of guanidine groups is 1. The van der Waals surface area contributed by atoms with Crippen LogP contribution >= 0.6 is 0 Å². The number of aliphatic imine (C=N–C) groups is 1. The Balaban J connectivity index is 1.59. The number of nitrogens with zero attached hydrogens (tertiary/aromatic N) is 2. The molecule has 0 aromatic heterocycles. The summed E-state index contributed by atoms with van der Waals surface area (Å²) in [7, 11) is 0. The summed E-state index contributed by atoms with van der Waals surface area (Å²) < 4.78 is 0. The fourth-order valence-corrected chi connectivity index (χ4v) is 2.36. The molecule has 1 aliphatic heterocycles. The fourth-order valence-electron chi connectivity index (χ4n) is 2.36. The monoisotopic (exact) mass is 260 g/mol. The zero-order valence-electron chi connectivity index (χ0n) is 11.5. The van der Waals surface area contributed by atoms with Crippen molar-refractivity contribution in [1.29, 1.82) is 0 Å². The minimum Gasteiger partial charge on any atom is -0.370 e. The first kappa shape index (κ1) is 13.9. The van der Waals surface area contributed by atoms with Crippen LogP contribution in [0.4, 0.5) is 5.69 Å². The molecule has 0 unspecified atom stereocenters. The number of para-hydroxylation sites is 1. The lowest BCUT2D eigenvalue weighted by Crippen LogP contribution is -2.23. The van der Waals surface area contributed by atoms with E-state index in [-0.39, 0.29) is 0 Å². The van der Waals surface area contributed by atoms with E-state index in [1.807, 2.05) is 30.3 Å². The van der Waals surface area contributed by atoms with Gasteiger partial charge in [0.15, 0.2) is 5.96 Å². The minimum atomic E-state index is 0.507. The summed E-state index contributed by atoms with van der Waals surface area (Å²) in [6.45, 7) is 4.57. The Morgan fingerprint density at radius 2 is 1.89 bits per heavy atom. The van der Waals surface area contributed by atoms with E-state index in [1.165, 1.54) is 38.9 Å². The van der Waals surface area contributed by atoms with E-state index in [0.717, 1.165) is 18.7 Å². The molecule has 0 saturated carbocycles. The van der Waals surface area contributed by atoms with E-state index >= 15 is 0 Å². The predicted molar refractivity (Wildman–Crippen MR) is 81.5 cm³/mol. The van der Waals surface area contributed by atoms with Crippen LogP contribution in [0.5, 0.6) is 0 Å². The standard InChI is InChI=1S/C15H24N4/c16-15(18-14-8-2-1-3-9-14)17-10-4-5-11-19-12-6-7-13-19/h1-3,8-9H,4-7,10-13H2,(H3,16,17,18). The van der Waals surface area contributed by atoms with Crippen LogP contribution < -0.4 is 11.1 Å². The zero-order chi connectivity index (χ0) is 13.3. The summed E-state index contributed by atoms with van der Waals surface area (Å²) >= 11 is 0. The largest absolute Gasteiger partial charge is 0.370 e. The Morgan fingerprint density at radius 1 is 1.16 bits per heavy atom. The van der Waals surface area contributed by atoms with Crippen LogP contribution in [0.15, 0.2) is 35.3 Å². The van der Waals surface area contributed by atoms with Gasteiger partial charge in [0.1, 0.15) is 0 Å². The van der Waals surface area contributed by atoms with E-state index in [1.54, 1.807) is 0 Å². The third-order valence-electron chi connectivity index (χ3n) is 3.41. The Morgan fingerprint density at radius 3 is 2.63 bits per heavy atom. The van der Waals surface area contributed by atoms with E-state index in [0.29, 0.717) is 5.96 Å². The van der Waals surface area contributed by atoms with Crippen LogP contribution in [-0.2, 0) is 0 Å². The van der Waals surface area contributed by atoms with E-state index in [9.17, 15) is 0 Å². The number of nitrogens with one attached hydrogen (secondary N) is 1. The highest BCUT2D eigenvalue weighted by molar-refractivity contribution is 5.92. The average molecular weight is 260 g/mol. The number of rotatable bonds is 6. The molecule has 0 spiro atoms. The molecule has 3 N–H and O–H groups in total. The molecular formula is C15H24N4. The van der Waals surface area contributed by atoms with E-state index in [2.05, 4.69) is 15.2 Å². The van der Waals surface area contributed by atoms with Gasteiger partial charge in [0.25, 0.3) is 0 Å². The molecule has 19 heavy (non-hydrogen) atoms. The molecule has 1 aliphatic rings. The van der Waals surface area contributed by atoms with Crippen molar-refractivity contribution in [2.75, 3.05) is 31.5 Å². The lowest BCUT2D eigenvalue weighted by Gasteiger charge is -2.13. The Hall–Kier alpha value is -1.55. The maximum Gasteiger partial charge on any atom is 0.193 e. The second-order valence-electron chi connectivity index (χ2n) is 5.01. The van der Waals surface area contributed by atoms with Crippen molar-refractivity contribution in [3.63, 3.8) is 0 Å². The van der Waals surface area contributed by atoms with Gasteiger partial charge in [-0.25, -0.2) is 0 Å². The maximum absolute atomic E-state index is 5.84. The molecule has 0 aliphatic carbocycles. The first-order chi connectivity index (χ1) is 9.34. The zero-order valence-corrected chi connectivity index (χ0v) is 11.5. The van der Waals surface area contributed by atoms with Crippen molar-refractivity contribution < 1.29 is 0 Å². The van der Waals surface area contributed by atoms with Gasteiger partial charge >= 0.3 is 0 Å². The van der Waals surface area contributed by atoms with Crippen molar-refractivity contribution in [3.8, 4) is 0 Å². The number of hydrogen-bond acceptors (Lipinski definition) is 2. The number of unbranched alkanes of at least 4 members (excludes halogenated alkanes) is 1. The Kier molecular flexibility index (Phi) is 5.69. The van der Waals surface area contributed by atoms with Gasteiger partial charge in [0.2, 0.25) is 0 Å². The number of hydrogen-bond donors (Lipinski definition) is 2. The molecule has 1 fully saturated rings. The van der Waals surface area contributed by atoms with Crippen LogP contribution in [0.1, 0.15) is 25.7 Å². The van der Waals surface area contributed by atoms with Crippen molar-refractivity contribution in [2.45, 2.75) is 25.7 Å². The Labute approximate surface area is 115 Å². The first-order valence-electron chi connectivity index (χ1n) is 7.19. The van der Waals surface area contributed by atoms with Crippen LogP contribution in [0.25, 0.3) is 0 Å². The van der Waals surface area contributed by atoms with E-state index in [4.69, 9.17) is 5.73 Å². The molecule has 0 radical (unpaired) electrons. The van der Waals surface area contributed by atoms with Crippen LogP contribution in [0.2, 0.25) is 0 Å². The third kappa shape index (κ3) is 5.30. The van der Waals surface area contributed by atoms with Crippen LogP contribution in [0.3, 0.4) is 0 Å². The van der Waals surface area contributed by atoms with Crippen molar-refractivity contribution >= 4 is 11.6 Å². The minimum absolute atomic E-state index is 0.507. The SMILES string of the molecule is NC(=NCCCCN1CCCC1)Nc1ccccc1. The Bertz CT molecular complexity index is 382. The topological polar surface area (TPSA) is 53.6 Å². The van der Waals surface area contributed by atoms with Crippen LogP contribution in [0, 0.1) is 0 Å². The summed E-state index contributed by atoms with van der Waals surface area (Å²) in [4.78, 5) is 6.89. The molecule has 1 heterocycles. The highest BCUT2D eigenvalue weighted by Gasteiger charge is 2.09. The van der Waals surface area contributed by atoms with Crippen molar-refractivity contribution in [2.24, 2.45) is 10.7 Å². The van der Waals surface area contributed by atoms with E-state index < -0.39 is 0 Å². The van der Waals surface area contributed by atoms with Gasteiger partial charge in [-0.3, -0.25) is 4.99 Å². The lowest BCUT2D eigenvalue weighted by molar-refractivity contribution is 0.331. The number of benzene rings is 1. The lowest BCUT2D eigenvalue weighted by atomic mass is 10.3. The summed E-state index contributed by atoms with van der Waals surface area (Å²) in [5.41, 5.74) is 6.83. The molecule has 4 heteroatoms. The van der Waals surface area contributed by atoms with Gasteiger partial charge in [-0.1, -0.05) is 18.2 Å². The van der Waals surface area contributed by atoms with Gasteiger partial charge < -0.3 is 16.0 Å². The molecule has 1 aromatic rings. The predicted octanol–water partition coefficient (Wildman–Crippen LogP) is 2.29. The van der Waals surface area contributed by atoms with Crippen molar-refractivity contribution in [1.82, 2.24) is 4.90 Å². The maximum atomic E-state index is 5.84. The summed E-state index contributed by atoms with van der Waals surface area (Å²) in [6, 6.07) is 9.90. The fraction of sp³-hybridized carbons (Fsp3) is 0.533. The molecule has 0 bridgehead atoms. The molecule has 0 atom stereocenters.